The lowest BCUT2D eigenvalue weighted by Gasteiger charge is -2.37. The van der Waals surface area contributed by atoms with Crippen molar-refractivity contribution in [2.24, 2.45) is 0 Å². The highest BCUT2D eigenvalue weighted by atomic mass is 16.3. The van der Waals surface area contributed by atoms with Crippen LogP contribution >= 0.6 is 0 Å². The maximum absolute atomic E-state index is 12.3. The van der Waals surface area contributed by atoms with Gasteiger partial charge in [-0.1, -0.05) is 0 Å². The minimum atomic E-state index is -0.700. The van der Waals surface area contributed by atoms with Gasteiger partial charge in [0.2, 0.25) is 0 Å². The number of aromatic nitrogens is 2. The summed E-state index contributed by atoms with van der Waals surface area (Å²) < 4.78 is 0. The van der Waals surface area contributed by atoms with Crippen molar-refractivity contribution in [2.75, 3.05) is 32.7 Å². The molecule has 20 heavy (non-hydrogen) atoms. The Bertz CT molecular complexity index is 459. The fourth-order valence-electron chi connectivity index (χ4n) is 2.32. The van der Waals surface area contributed by atoms with Gasteiger partial charge >= 0.3 is 0 Å². The van der Waals surface area contributed by atoms with E-state index in [2.05, 4.69) is 14.9 Å². The maximum atomic E-state index is 12.3. The molecule has 1 saturated heterocycles. The molecule has 1 fully saturated rings. The first-order chi connectivity index (χ1) is 9.35. The highest BCUT2D eigenvalue weighted by Gasteiger charge is 2.26. The number of aryl methyl sites for hydroxylation is 1. The lowest BCUT2D eigenvalue weighted by molar-refractivity contribution is 0.0177. The molecule has 0 unspecified atom stereocenters. The van der Waals surface area contributed by atoms with Crippen LogP contribution in [0.25, 0.3) is 0 Å². The zero-order valence-corrected chi connectivity index (χ0v) is 12.3. The highest BCUT2D eigenvalue weighted by Crippen LogP contribution is 2.10. The molecule has 0 aromatic carbocycles. The van der Waals surface area contributed by atoms with Crippen molar-refractivity contribution in [1.82, 2.24) is 19.8 Å². The van der Waals surface area contributed by atoms with Crippen LogP contribution in [0.5, 0.6) is 0 Å². The molecule has 2 rings (SSSR count). The fraction of sp³-hybridized carbons (Fsp3) is 0.643. The van der Waals surface area contributed by atoms with E-state index >= 15 is 0 Å². The van der Waals surface area contributed by atoms with E-state index in [1.807, 2.05) is 6.92 Å². The summed E-state index contributed by atoms with van der Waals surface area (Å²) in [5.41, 5.74) is 0.498. The van der Waals surface area contributed by atoms with Crippen LogP contribution in [0.2, 0.25) is 0 Å². The Hall–Kier alpha value is -1.53. The van der Waals surface area contributed by atoms with Crippen molar-refractivity contribution >= 4 is 5.91 Å². The van der Waals surface area contributed by atoms with E-state index in [0.717, 1.165) is 18.8 Å². The molecular weight excluding hydrogens is 256 g/mol. The van der Waals surface area contributed by atoms with Gasteiger partial charge in [-0.05, 0) is 20.8 Å². The van der Waals surface area contributed by atoms with Gasteiger partial charge in [0.25, 0.3) is 5.91 Å². The molecule has 0 atom stereocenters. The Morgan fingerprint density at radius 3 is 2.40 bits per heavy atom. The Morgan fingerprint density at radius 1 is 1.25 bits per heavy atom. The first-order valence-corrected chi connectivity index (χ1v) is 6.88. The van der Waals surface area contributed by atoms with E-state index in [0.29, 0.717) is 25.3 Å². The molecule has 0 aliphatic carbocycles. The molecule has 0 spiro atoms. The SMILES string of the molecule is Cc1cnc(C(=O)N2CCN(CC(C)(C)O)CC2)cn1. The van der Waals surface area contributed by atoms with Crippen molar-refractivity contribution in [3.05, 3.63) is 23.8 Å². The summed E-state index contributed by atoms with van der Waals surface area (Å²) in [6.45, 7) is 8.92. The molecule has 1 aliphatic heterocycles. The molecule has 2 heterocycles. The van der Waals surface area contributed by atoms with Crippen molar-refractivity contribution < 1.29 is 9.90 Å². The molecule has 1 aromatic rings. The third-order valence-electron chi connectivity index (χ3n) is 3.27. The molecule has 0 radical (unpaired) electrons. The van der Waals surface area contributed by atoms with Crippen LogP contribution in [0.15, 0.2) is 12.4 Å². The summed E-state index contributed by atoms with van der Waals surface area (Å²) in [6, 6.07) is 0. The van der Waals surface area contributed by atoms with E-state index < -0.39 is 5.60 Å². The van der Waals surface area contributed by atoms with Crippen molar-refractivity contribution in [3.63, 3.8) is 0 Å². The van der Waals surface area contributed by atoms with Crippen LogP contribution in [0, 0.1) is 6.92 Å². The summed E-state index contributed by atoms with van der Waals surface area (Å²) in [5, 5.41) is 9.81. The number of carbonyl (C=O) groups excluding carboxylic acids is 1. The predicted molar refractivity (Wildman–Crippen MR) is 75.4 cm³/mol. The van der Waals surface area contributed by atoms with Crippen LogP contribution in [0.1, 0.15) is 30.0 Å². The second-order valence-corrected chi connectivity index (χ2v) is 5.92. The van der Waals surface area contributed by atoms with Gasteiger partial charge in [0.1, 0.15) is 5.69 Å². The molecule has 1 aromatic heterocycles. The number of hydrogen-bond donors (Lipinski definition) is 1. The van der Waals surface area contributed by atoms with E-state index in [-0.39, 0.29) is 5.91 Å². The third kappa shape index (κ3) is 3.98. The number of amides is 1. The van der Waals surface area contributed by atoms with E-state index in [4.69, 9.17) is 0 Å². The van der Waals surface area contributed by atoms with Crippen molar-refractivity contribution in [3.8, 4) is 0 Å². The average Bonchev–Trinajstić information content (AvgIpc) is 2.38. The van der Waals surface area contributed by atoms with Crippen LogP contribution in [0.4, 0.5) is 0 Å². The molecule has 1 N–H and O–H groups in total. The molecule has 110 valence electrons. The fourth-order valence-corrected chi connectivity index (χ4v) is 2.32. The Kier molecular flexibility index (Phi) is 4.35. The number of aliphatic hydroxyl groups is 1. The minimum Gasteiger partial charge on any atom is -0.389 e. The van der Waals surface area contributed by atoms with Crippen LogP contribution in [-0.2, 0) is 0 Å². The smallest absolute Gasteiger partial charge is 0.274 e. The topological polar surface area (TPSA) is 69.6 Å². The summed E-state index contributed by atoms with van der Waals surface area (Å²) in [6.07, 6.45) is 3.14. The molecular formula is C14H22N4O2. The van der Waals surface area contributed by atoms with Gasteiger partial charge in [0.05, 0.1) is 17.5 Å². The lowest BCUT2D eigenvalue weighted by Crippen LogP contribution is -2.52. The van der Waals surface area contributed by atoms with Gasteiger partial charge in [-0.3, -0.25) is 14.7 Å². The number of nitrogens with zero attached hydrogens (tertiary/aromatic N) is 4. The molecule has 0 bridgehead atoms. The summed E-state index contributed by atoms with van der Waals surface area (Å²) in [5.74, 6) is -0.0691. The van der Waals surface area contributed by atoms with Crippen LogP contribution < -0.4 is 0 Å². The van der Waals surface area contributed by atoms with Crippen molar-refractivity contribution in [2.45, 2.75) is 26.4 Å². The van der Waals surface area contributed by atoms with Gasteiger partial charge in [-0.2, -0.15) is 0 Å². The summed E-state index contributed by atoms with van der Waals surface area (Å²) in [7, 11) is 0. The van der Waals surface area contributed by atoms with Crippen LogP contribution in [0.3, 0.4) is 0 Å². The van der Waals surface area contributed by atoms with E-state index in [9.17, 15) is 9.90 Å². The third-order valence-corrected chi connectivity index (χ3v) is 3.27. The molecule has 0 saturated carbocycles. The second kappa shape index (κ2) is 5.85. The standard InChI is InChI=1S/C14H22N4O2/c1-11-8-16-12(9-15-11)13(19)18-6-4-17(5-7-18)10-14(2,3)20/h8-9,20H,4-7,10H2,1-3H3. The zero-order valence-electron chi connectivity index (χ0n) is 12.3. The Morgan fingerprint density at radius 2 is 1.90 bits per heavy atom. The number of carbonyl (C=O) groups is 1. The van der Waals surface area contributed by atoms with E-state index in [1.54, 1.807) is 24.9 Å². The second-order valence-electron chi connectivity index (χ2n) is 5.92. The monoisotopic (exact) mass is 278 g/mol. The predicted octanol–water partition coefficient (Wildman–Crippen LogP) is 0.314. The van der Waals surface area contributed by atoms with Gasteiger partial charge in [-0.15, -0.1) is 0 Å². The zero-order chi connectivity index (χ0) is 14.8. The Balaban J connectivity index is 1.90. The molecule has 1 amide bonds. The number of hydrogen-bond acceptors (Lipinski definition) is 5. The van der Waals surface area contributed by atoms with Gasteiger partial charge in [0, 0.05) is 38.9 Å². The van der Waals surface area contributed by atoms with Gasteiger partial charge in [-0.25, -0.2) is 4.98 Å². The summed E-state index contributed by atoms with van der Waals surface area (Å²) in [4.78, 5) is 24.5. The van der Waals surface area contributed by atoms with E-state index in [1.165, 1.54) is 6.20 Å². The normalized spacial score (nSPS) is 17.3. The molecule has 6 nitrogen and oxygen atoms in total. The number of piperazine rings is 1. The maximum Gasteiger partial charge on any atom is 0.274 e. The highest BCUT2D eigenvalue weighted by molar-refractivity contribution is 5.92. The Labute approximate surface area is 119 Å². The molecule has 1 aliphatic rings. The van der Waals surface area contributed by atoms with Gasteiger partial charge < -0.3 is 10.0 Å². The largest absolute Gasteiger partial charge is 0.389 e. The lowest BCUT2D eigenvalue weighted by atomic mass is 10.1. The number of rotatable bonds is 3. The minimum absolute atomic E-state index is 0.0691. The number of β-amino-alcohol motifs (C(OH)–C–C–N with tert-alkyl or cyclic N) is 1. The molecule has 6 heteroatoms. The average molecular weight is 278 g/mol. The van der Waals surface area contributed by atoms with Crippen molar-refractivity contribution in [1.29, 1.82) is 0 Å². The van der Waals surface area contributed by atoms with Gasteiger partial charge in [0.15, 0.2) is 0 Å². The van der Waals surface area contributed by atoms with Crippen LogP contribution in [-0.4, -0.2) is 69.1 Å². The first-order valence-electron chi connectivity index (χ1n) is 6.88. The summed E-state index contributed by atoms with van der Waals surface area (Å²) >= 11 is 0. The quantitative estimate of drug-likeness (QED) is 0.862. The first kappa shape index (κ1) is 14.9.